The van der Waals surface area contributed by atoms with Gasteiger partial charge in [0, 0.05) is 6.54 Å². The van der Waals surface area contributed by atoms with Crippen LogP contribution in [0.4, 0.5) is 0 Å². The first kappa shape index (κ1) is 12.3. The highest BCUT2D eigenvalue weighted by Gasteiger charge is 2.07. The Labute approximate surface area is 92.2 Å². The molecule has 0 spiro atoms. The summed E-state index contributed by atoms with van der Waals surface area (Å²) in [6, 6.07) is 3.95. The summed E-state index contributed by atoms with van der Waals surface area (Å²) in [6.45, 7) is 5.06. The molecule has 3 nitrogen and oxygen atoms in total. The highest BCUT2D eigenvalue weighted by Crippen LogP contribution is 2.09. The van der Waals surface area contributed by atoms with Crippen molar-refractivity contribution in [3.05, 3.63) is 24.2 Å². The standard InChI is InChI=1S/C12H22N2O/c1-11(5-3-7-13)9-14(2)10-12-6-4-8-15-12/h4,6,8,11H,3,5,7,9-10,13H2,1-2H3. The molecule has 1 aromatic heterocycles. The highest BCUT2D eigenvalue weighted by molar-refractivity contribution is 4.97. The summed E-state index contributed by atoms with van der Waals surface area (Å²) in [5.41, 5.74) is 5.49. The fraction of sp³-hybridized carbons (Fsp3) is 0.667. The largest absolute Gasteiger partial charge is 0.468 e. The first-order chi connectivity index (χ1) is 7.22. The molecule has 1 rings (SSSR count). The van der Waals surface area contributed by atoms with Crippen molar-refractivity contribution in [2.45, 2.75) is 26.3 Å². The van der Waals surface area contributed by atoms with Crippen LogP contribution in [0.15, 0.2) is 22.8 Å². The number of nitrogens with zero attached hydrogens (tertiary/aromatic N) is 1. The lowest BCUT2D eigenvalue weighted by atomic mass is 10.1. The maximum atomic E-state index is 5.49. The molecule has 2 N–H and O–H groups in total. The van der Waals surface area contributed by atoms with E-state index in [1.807, 2.05) is 12.1 Å². The van der Waals surface area contributed by atoms with Crippen LogP contribution < -0.4 is 5.73 Å². The number of furan rings is 1. The summed E-state index contributed by atoms with van der Waals surface area (Å²) in [4.78, 5) is 2.29. The molecule has 0 aliphatic carbocycles. The van der Waals surface area contributed by atoms with E-state index >= 15 is 0 Å². The predicted molar refractivity (Wildman–Crippen MR) is 62.5 cm³/mol. The molecular weight excluding hydrogens is 188 g/mol. The van der Waals surface area contributed by atoms with E-state index in [0.717, 1.165) is 31.8 Å². The van der Waals surface area contributed by atoms with E-state index in [0.29, 0.717) is 5.92 Å². The van der Waals surface area contributed by atoms with Crippen molar-refractivity contribution in [1.82, 2.24) is 4.90 Å². The minimum absolute atomic E-state index is 0.702. The third kappa shape index (κ3) is 5.00. The van der Waals surface area contributed by atoms with Gasteiger partial charge in [0.05, 0.1) is 12.8 Å². The number of rotatable bonds is 7. The van der Waals surface area contributed by atoms with Gasteiger partial charge in [0.1, 0.15) is 5.76 Å². The van der Waals surface area contributed by atoms with Crippen LogP contribution in [0.5, 0.6) is 0 Å². The Kier molecular flexibility index (Phi) is 5.43. The molecular formula is C12H22N2O. The molecule has 1 atom stereocenters. The quantitative estimate of drug-likeness (QED) is 0.749. The van der Waals surface area contributed by atoms with Crippen LogP contribution in [-0.2, 0) is 6.54 Å². The molecule has 0 saturated carbocycles. The van der Waals surface area contributed by atoms with Gasteiger partial charge in [0.2, 0.25) is 0 Å². The first-order valence-corrected chi connectivity index (χ1v) is 5.63. The Morgan fingerprint density at radius 2 is 2.33 bits per heavy atom. The van der Waals surface area contributed by atoms with Gasteiger partial charge >= 0.3 is 0 Å². The lowest BCUT2D eigenvalue weighted by Crippen LogP contribution is -2.24. The average molecular weight is 210 g/mol. The van der Waals surface area contributed by atoms with Gasteiger partial charge in [-0.3, -0.25) is 4.90 Å². The SMILES string of the molecule is CC(CCCN)CN(C)Cc1ccco1. The van der Waals surface area contributed by atoms with Crippen molar-refractivity contribution in [1.29, 1.82) is 0 Å². The van der Waals surface area contributed by atoms with Crippen LogP contribution in [0, 0.1) is 5.92 Å². The molecule has 0 aliphatic heterocycles. The van der Waals surface area contributed by atoms with Crippen LogP contribution in [0.3, 0.4) is 0 Å². The van der Waals surface area contributed by atoms with Gasteiger partial charge in [0.15, 0.2) is 0 Å². The van der Waals surface area contributed by atoms with E-state index < -0.39 is 0 Å². The first-order valence-electron chi connectivity index (χ1n) is 5.63. The molecule has 1 aromatic rings. The van der Waals surface area contributed by atoms with E-state index in [1.54, 1.807) is 6.26 Å². The number of hydrogen-bond donors (Lipinski definition) is 1. The minimum atomic E-state index is 0.702. The highest BCUT2D eigenvalue weighted by atomic mass is 16.3. The Bertz CT molecular complexity index is 246. The summed E-state index contributed by atoms with van der Waals surface area (Å²) in [5, 5.41) is 0. The van der Waals surface area contributed by atoms with E-state index in [1.165, 1.54) is 6.42 Å². The number of hydrogen-bond acceptors (Lipinski definition) is 3. The molecule has 0 bridgehead atoms. The molecule has 0 radical (unpaired) electrons. The van der Waals surface area contributed by atoms with Gasteiger partial charge in [-0.1, -0.05) is 6.92 Å². The van der Waals surface area contributed by atoms with Gasteiger partial charge in [0.25, 0.3) is 0 Å². The molecule has 1 heterocycles. The van der Waals surface area contributed by atoms with Crippen LogP contribution in [0.25, 0.3) is 0 Å². The summed E-state index contributed by atoms with van der Waals surface area (Å²) in [7, 11) is 2.13. The van der Waals surface area contributed by atoms with E-state index in [9.17, 15) is 0 Å². The van der Waals surface area contributed by atoms with Crippen LogP contribution in [0.2, 0.25) is 0 Å². The second-order valence-electron chi connectivity index (χ2n) is 4.31. The van der Waals surface area contributed by atoms with Gasteiger partial charge in [-0.15, -0.1) is 0 Å². The molecule has 1 unspecified atom stereocenters. The topological polar surface area (TPSA) is 42.4 Å². The summed E-state index contributed by atoms with van der Waals surface area (Å²) in [5.74, 6) is 1.73. The van der Waals surface area contributed by atoms with Crippen LogP contribution in [-0.4, -0.2) is 25.0 Å². The Morgan fingerprint density at radius 3 is 2.93 bits per heavy atom. The smallest absolute Gasteiger partial charge is 0.117 e. The molecule has 0 fully saturated rings. The summed E-state index contributed by atoms with van der Waals surface area (Å²) >= 11 is 0. The third-order valence-electron chi connectivity index (χ3n) is 2.53. The normalized spacial score (nSPS) is 13.3. The van der Waals surface area contributed by atoms with Crippen molar-refractivity contribution >= 4 is 0 Å². The third-order valence-corrected chi connectivity index (χ3v) is 2.53. The fourth-order valence-electron chi connectivity index (χ4n) is 1.82. The lowest BCUT2D eigenvalue weighted by molar-refractivity contribution is 0.250. The maximum absolute atomic E-state index is 5.49. The zero-order valence-corrected chi connectivity index (χ0v) is 9.78. The summed E-state index contributed by atoms with van der Waals surface area (Å²) < 4.78 is 5.31. The van der Waals surface area contributed by atoms with Crippen molar-refractivity contribution in [2.24, 2.45) is 11.7 Å². The molecule has 0 saturated heterocycles. The van der Waals surface area contributed by atoms with Crippen LogP contribution >= 0.6 is 0 Å². The van der Waals surface area contributed by atoms with Gasteiger partial charge < -0.3 is 10.2 Å². The molecule has 15 heavy (non-hydrogen) atoms. The molecule has 3 heteroatoms. The van der Waals surface area contributed by atoms with Gasteiger partial charge in [-0.25, -0.2) is 0 Å². The minimum Gasteiger partial charge on any atom is -0.468 e. The average Bonchev–Trinajstić information content (AvgIpc) is 2.67. The Hall–Kier alpha value is -0.800. The van der Waals surface area contributed by atoms with E-state index in [-0.39, 0.29) is 0 Å². The fourth-order valence-corrected chi connectivity index (χ4v) is 1.82. The van der Waals surface area contributed by atoms with Crippen molar-refractivity contribution < 1.29 is 4.42 Å². The van der Waals surface area contributed by atoms with Gasteiger partial charge in [-0.2, -0.15) is 0 Å². The van der Waals surface area contributed by atoms with E-state index in [4.69, 9.17) is 10.2 Å². The molecule has 0 aromatic carbocycles. The van der Waals surface area contributed by atoms with Crippen LogP contribution in [0.1, 0.15) is 25.5 Å². The molecule has 86 valence electrons. The molecule has 0 amide bonds. The lowest BCUT2D eigenvalue weighted by Gasteiger charge is -2.20. The zero-order valence-electron chi connectivity index (χ0n) is 9.78. The van der Waals surface area contributed by atoms with Gasteiger partial charge in [-0.05, 0) is 44.5 Å². The summed E-state index contributed by atoms with van der Waals surface area (Å²) in [6.07, 6.45) is 4.05. The Balaban J connectivity index is 2.20. The molecule has 0 aliphatic rings. The Morgan fingerprint density at radius 1 is 1.53 bits per heavy atom. The predicted octanol–water partition coefficient (Wildman–Crippen LogP) is 2.09. The second kappa shape index (κ2) is 6.64. The zero-order chi connectivity index (χ0) is 11.1. The second-order valence-corrected chi connectivity index (χ2v) is 4.31. The number of nitrogens with two attached hydrogens (primary N) is 1. The monoisotopic (exact) mass is 210 g/mol. The van der Waals surface area contributed by atoms with Crippen molar-refractivity contribution in [3.8, 4) is 0 Å². The maximum Gasteiger partial charge on any atom is 0.117 e. The van der Waals surface area contributed by atoms with Crippen molar-refractivity contribution in [3.63, 3.8) is 0 Å². The van der Waals surface area contributed by atoms with E-state index in [2.05, 4.69) is 18.9 Å². The van der Waals surface area contributed by atoms with Crippen molar-refractivity contribution in [2.75, 3.05) is 20.1 Å².